The van der Waals surface area contributed by atoms with Crippen molar-refractivity contribution < 1.29 is 20.1 Å². The van der Waals surface area contributed by atoms with Crippen LogP contribution in [-0.4, -0.2) is 22.6 Å². The van der Waals surface area contributed by atoms with Gasteiger partial charge in [-0.25, -0.2) is 0 Å². The van der Waals surface area contributed by atoms with Crippen LogP contribution in [0.4, 0.5) is 0 Å². The largest absolute Gasteiger partial charge is 0.333 e. The van der Waals surface area contributed by atoms with Gasteiger partial charge in [0, 0.05) is 32.0 Å². The third-order valence-electron chi connectivity index (χ3n) is 9.46. The second kappa shape index (κ2) is 16.3. The zero-order chi connectivity index (χ0) is 36.4. The smallest absolute Gasteiger partial charge is 0.0795 e. The number of benzene rings is 5. The Labute approximate surface area is 333 Å². The van der Waals surface area contributed by atoms with Crippen LogP contribution in [0.15, 0.2) is 128 Å². The van der Waals surface area contributed by atoms with Crippen molar-refractivity contribution >= 4 is 45.7 Å². The second-order valence-electron chi connectivity index (χ2n) is 15.0. The first-order valence-corrected chi connectivity index (χ1v) is 22.4. The van der Waals surface area contributed by atoms with Crippen molar-refractivity contribution in [2.75, 3.05) is 0 Å². The Morgan fingerprint density at radius 3 is 2.17 bits per heavy atom. The van der Waals surface area contributed by atoms with Crippen molar-refractivity contribution in [1.29, 1.82) is 0 Å². The molecule has 0 fully saturated rings. The summed E-state index contributed by atoms with van der Waals surface area (Å²) in [6.45, 7) is 16.0. The summed E-state index contributed by atoms with van der Waals surface area (Å²) in [6.07, 6.45) is 3.11. The first kappa shape index (κ1) is 38.3. The Hall–Kier alpha value is -4.45. The molecular weight excluding hydrogens is 859 g/mol. The molecule has 0 amide bonds. The van der Waals surface area contributed by atoms with E-state index in [0.29, 0.717) is 5.92 Å². The van der Waals surface area contributed by atoms with Crippen molar-refractivity contribution in [3.8, 4) is 39.5 Å². The summed E-state index contributed by atoms with van der Waals surface area (Å²) < 4.78 is 3.58. The third-order valence-corrected chi connectivity index (χ3v) is 12.4. The molecule has 0 aliphatic rings. The molecule has 0 aliphatic carbocycles. The Morgan fingerprint density at radius 1 is 0.792 bits per heavy atom. The summed E-state index contributed by atoms with van der Waals surface area (Å²) in [5.74, 6) is 1.59. The molecule has 0 N–H and O–H groups in total. The van der Waals surface area contributed by atoms with Gasteiger partial charge in [-0.1, -0.05) is 121 Å². The first-order valence-electron chi connectivity index (χ1n) is 18.1. The van der Waals surface area contributed by atoms with Crippen LogP contribution >= 0.6 is 11.3 Å². The maximum atomic E-state index is 5.13. The van der Waals surface area contributed by atoms with Crippen LogP contribution in [0, 0.1) is 31.2 Å². The van der Waals surface area contributed by atoms with E-state index in [1.807, 2.05) is 30.5 Å². The van der Waals surface area contributed by atoms with Crippen molar-refractivity contribution in [3.05, 3.63) is 156 Å². The van der Waals surface area contributed by atoms with Crippen LogP contribution in [0.3, 0.4) is 0 Å². The van der Waals surface area contributed by atoms with Crippen molar-refractivity contribution in [1.82, 2.24) is 14.5 Å². The summed E-state index contributed by atoms with van der Waals surface area (Å²) in [7, 11) is -1.23. The van der Waals surface area contributed by atoms with Gasteiger partial charge in [0.15, 0.2) is 0 Å². The zero-order valence-electron chi connectivity index (χ0n) is 31.5. The van der Waals surface area contributed by atoms with E-state index in [2.05, 4.69) is 165 Å². The van der Waals surface area contributed by atoms with E-state index in [4.69, 9.17) is 4.98 Å². The van der Waals surface area contributed by atoms with Gasteiger partial charge in [0.1, 0.15) is 0 Å². The van der Waals surface area contributed by atoms with Crippen molar-refractivity contribution in [2.45, 2.75) is 53.8 Å². The van der Waals surface area contributed by atoms with E-state index < -0.39 is 8.07 Å². The van der Waals surface area contributed by atoms with Crippen molar-refractivity contribution in [2.24, 2.45) is 5.92 Å². The van der Waals surface area contributed by atoms with Gasteiger partial charge in [0.2, 0.25) is 0 Å². The van der Waals surface area contributed by atoms with Crippen LogP contribution < -0.4 is 5.19 Å². The van der Waals surface area contributed by atoms with E-state index >= 15 is 0 Å². The number of fused-ring (bicyclic) bond motifs is 2. The molecule has 0 bridgehead atoms. The maximum absolute atomic E-state index is 5.13. The van der Waals surface area contributed by atoms with E-state index in [-0.39, 0.29) is 20.1 Å². The minimum atomic E-state index is -1.23. The molecule has 3 heterocycles. The minimum Gasteiger partial charge on any atom is -0.333 e. The standard InChI is InChI=1S/C33H29N2S.C14H16NSi.Ir/c1-21(2)16-24-14-15-27-28(20-36-31(27)19-24)33-34-29-12-8-9-13-30(29)35(33)26-17-22(3)32(23(4)18-26)25-10-6-5-7-11-25;1-16(2,3)13-9-10-14(15-11-13)12-7-5-4-6-8-12;/h5-15,17-19,21H,16H2,1-4H3;4-7,9-11H,1-3H3;/q2*-1;. The molecule has 5 aromatic carbocycles. The van der Waals surface area contributed by atoms with Gasteiger partial charge in [0.25, 0.3) is 0 Å². The van der Waals surface area contributed by atoms with Gasteiger partial charge < -0.3 is 9.55 Å². The summed E-state index contributed by atoms with van der Waals surface area (Å²) in [6, 6.07) is 46.0. The molecule has 269 valence electrons. The summed E-state index contributed by atoms with van der Waals surface area (Å²) in [5, 5.41) is 6.22. The number of hydrogen-bond donors (Lipinski definition) is 0. The normalized spacial score (nSPS) is 11.4. The molecule has 0 saturated heterocycles. The zero-order valence-corrected chi connectivity index (χ0v) is 35.7. The number of aryl methyl sites for hydroxylation is 2. The monoisotopic (exact) mass is 904 g/mol. The van der Waals surface area contributed by atoms with E-state index in [9.17, 15) is 0 Å². The third kappa shape index (κ3) is 8.37. The van der Waals surface area contributed by atoms with Gasteiger partial charge in [-0.2, -0.15) is 0 Å². The number of para-hydroxylation sites is 2. The minimum absolute atomic E-state index is 0. The Balaban J connectivity index is 0.000000238. The average Bonchev–Trinajstić information content (AvgIpc) is 3.73. The fourth-order valence-corrected chi connectivity index (χ4v) is 8.86. The van der Waals surface area contributed by atoms with E-state index in [1.165, 1.54) is 43.1 Å². The van der Waals surface area contributed by atoms with Crippen LogP contribution in [0.25, 0.3) is 60.6 Å². The fourth-order valence-electron chi connectivity index (χ4n) is 6.92. The average molecular weight is 904 g/mol. The maximum Gasteiger partial charge on any atom is 0.0795 e. The molecule has 1 radical (unpaired) electrons. The number of rotatable bonds is 7. The topological polar surface area (TPSA) is 30.7 Å². The SMILES string of the molecule is C[Si](C)(C)c1ccc(-c2[c-]cccc2)nc1.Cc1cc(-n2c(-c3[c-]sc4cc(CC(C)C)ccc34)nc3ccccc32)cc(C)c1-c1ccccc1.[Ir]. The van der Waals surface area contributed by atoms with Gasteiger partial charge >= 0.3 is 0 Å². The van der Waals surface area contributed by atoms with Crippen molar-refractivity contribution in [3.63, 3.8) is 0 Å². The molecule has 6 heteroatoms. The molecule has 0 saturated carbocycles. The van der Waals surface area contributed by atoms with E-state index in [1.54, 1.807) is 11.3 Å². The molecule has 8 aromatic rings. The van der Waals surface area contributed by atoms with E-state index in [0.717, 1.165) is 45.8 Å². The Bertz CT molecular complexity index is 2440. The number of pyridine rings is 1. The Morgan fingerprint density at radius 2 is 1.51 bits per heavy atom. The quantitative estimate of drug-likeness (QED) is 0.118. The molecular formula is C47H45IrN3SSi-2. The number of hydrogen-bond acceptors (Lipinski definition) is 3. The van der Waals surface area contributed by atoms with Gasteiger partial charge in [-0.05, 0) is 83.6 Å². The molecule has 3 nitrogen and oxygen atoms in total. The van der Waals surface area contributed by atoms with Crippen LogP contribution in [0.2, 0.25) is 19.6 Å². The van der Waals surface area contributed by atoms with Crippen LogP contribution in [-0.2, 0) is 26.5 Å². The van der Waals surface area contributed by atoms with Gasteiger partial charge in [0.05, 0.1) is 24.9 Å². The molecule has 0 spiro atoms. The first-order chi connectivity index (χ1) is 25.1. The Kier molecular flexibility index (Phi) is 11.8. The number of aromatic nitrogens is 3. The molecule has 53 heavy (non-hydrogen) atoms. The second-order valence-corrected chi connectivity index (χ2v) is 21.0. The van der Waals surface area contributed by atoms with Crippen LogP contribution in [0.1, 0.15) is 30.5 Å². The predicted octanol–water partition coefficient (Wildman–Crippen LogP) is 12.3. The molecule has 0 atom stereocenters. The summed E-state index contributed by atoms with van der Waals surface area (Å²) >= 11 is 1.69. The van der Waals surface area contributed by atoms with Gasteiger partial charge in [-0.3, -0.25) is 16.3 Å². The number of thiophene rings is 1. The number of nitrogens with zero attached hydrogens (tertiary/aromatic N) is 3. The van der Waals surface area contributed by atoms with Crippen LogP contribution in [0.5, 0.6) is 0 Å². The number of imidazole rings is 1. The summed E-state index contributed by atoms with van der Waals surface area (Å²) in [5.41, 5.74) is 12.8. The fraction of sp³-hybridized carbons (Fsp3) is 0.191. The molecule has 0 aliphatic heterocycles. The predicted molar refractivity (Wildman–Crippen MR) is 226 cm³/mol. The summed E-state index contributed by atoms with van der Waals surface area (Å²) in [4.78, 5) is 9.65. The van der Waals surface area contributed by atoms with Gasteiger partial charge in [-0.15, -0.1) is 47.3 Å². The molecule has 3 aromatic heterocycles. The molecule has 0 unspecified atom stereocenters. The molecule has 8 rings (SSSR count).